The maximum Gasteiger partial charge on any atom is 0.130 e. The highest BCUT2D eigenvalue weighted by Gasteiger charge is 2.17. The van der Waals surface area contributed by atoms with Crippen molar-refractivity contribution in [3.8, 4) is 22.6 Å². The van der Waals surface area contributed by atoms with Gasteiger partial charge < -0.3 is 14.8 Å². The van der Waals surface area contributed by atoms with E-state index in [0.29, 0.717) is 0 Å². The summed E-state index contributed by atoms with van der Waals surface area (Å²) in [5.74, 6) is 1.64. The van der Waals surface area contributed by atoms with Crippen molar-refractivity contribution in [2.45, 2.75) is 13.0 Å². The molecule has 0 saturated carbocycles. The molecular weight excluding hydrogens is 250 g/mol. The minimum atomic E-state index is 0.251. The third-order valence-corrected chi connectivity index (χ3v) is 3.56. The van der Waals surface area contributed by atoms with E-state index >= 15 is 0 Å². The smallest absolute Gasteiger partial charge is 0.130 e. The lowest BCUT2D eigenvalue weighted by Crippen LogP contribution is -2.13. The van der Waals surface area contributed by atoms with Gasteiger partial charge in [0, 0.05) is 6.04 Å². The second-order valence-corrected chi connectivity index (χ2v) is 4.64. The summed E-state index contributed by atoms with van der Waals surface area (Å²) in [6.07, 6.45) is 0. The lowest BCUT2D eigenvalue weighted by molar-refractivity contribution is 0.397. The van der Waals surface area contributed by atoms with Crippen LogP contribution in [0.1, 0.15) is 18.5 Å². The summed E-state index contributed by atoms with van der Waals surface area (Å²) >= 11 is 0. The van der Waals surface area contributed by atoms with E-state index in [2.05, 4.69) is 30.4 Å². The van der Waals surface area contributed by atoms with Crippen molar-refractivity contribution in [3.05, 3.63) is 48.0 Å². The Balaban J connectivity index is 2.68. The van der Waals surface area contributed by atoms with Crippen molar-refractivity contribution in [3.63, 3.8) is 0 Å². The predicted octanol–water partition coefficient (Wildman–Crippen LogP) is 3.65. The van der Waals surface area contributed by atoms with Gasteiger partial charge in [-0.2, -0.15) is 0 Å². The molecule has 3 heteroatoms. The van der Waals surface area contributed by atoms with Crippen LogP contribution in [0.4, 0.5) is 0 Å². The van der Waals surface area contributed by atoms with Crippen molar-refractivity contribution >= 4 is 0 Å². The normalized spacial score (nSPS) is 12.0. The molecule has 0 aliphatic rings. The van der Waals surface area contributed by atoms with Gasteiger partial charge in [-0.15, -0.1) is 0 Å². The first-order valence-electron chi connectivity index (χ1n) is 6.70. The average Bonchev–Trinajstić information content (AvgIpc) is 2.53. The highest BCUT2D eigenvalue weighted by atomic mass is 16.5. The fourth-order valence-corrected chi connectivity index (χ4v) is 2.37. The van der Waals surface area contributed by atoms with Gasteiger partial charge in [-0.1, -0.05) is 30.3 Å². The molecule has 106 valence electrons. The summed E-state index contributed by atoms with van der Waals surface area (Å²) in [5.41, 5.74) is 3.34. The van der Waals surface area contributed by atoms with E-state index in [-0.39, 0.29) is 6.04 Å². The van der Waals surface area contributed by atoms with Gasteiger partial charge in [-0.05, 0) is 37.2 Å². The highest BCUT2D eigenvalue weighted by Crippen LogP contribution is 2.41. The Morgan fingerprint density at radius 2 is 1.50 bits per heavy atom. The molecule has 2 rings (SSSR count). The van der Waals surface area contributed by atoms with E-state index in [9.17, 15) is 0 Å². The van der Waals surface area contributed by atoms with Crippen molar-refractivity contribution in [2.75, 3.05) is 21.3 Å². The van der Waals surface area contributed by atoms with Gasteiger partial charge >= 0.3 is 0 Å². The summed E-state index contributed by atoms with van der Waals surface area (Å²) in [7, 11) is 5.33. The summed E-state index contributed by atoms with van der Waals surface area (Å²) < 4.78 is 11.0. The SMILES string of the molecule is CNC(C)c1ccccc1-c1c(OC)cccc1OC. The van der Waals surface area contributed by atoms with Crippen LogP contribution in [0.5, 0.6) is 11.5 Å². The van der Waals surface area contributed by atoms with Crippen LogP contribution in [-0.2, 0) is 0 Å². The number of ether oxygens (including phenoxy) is 2. The molecule has 3 nitrogen and oxygen atoms in total. The van der Waals surface area contributed by atoms with E-state index in [1.54, 1.807) is 14.2 Å². The number of nitrogens with one attached hydrogen (secondary N) is 1. The van der Waals surface area contributed by atoms with E-state index in [4.69, 9.17) is 9.47 Å². The van der Waals surface area contributed by atoms with Gasteiger partial charge in [0.25, 0.3) is 0 Å². The molecule has 1 N–H and O–H groups in total. The number of hydrogen-bond donors (Lipinski definition) is 1. The fourth-order valence-electron chi connectivity index (χ4n) is 2.37. The molecule has 0 aromatic heterocycles. The molecule has 0 aliphatic carbocycles. The van der Waals surface area contributed by atoms with Gasteiger partial charge in [0.2, 0.25) is 0 Å². The Kier molecular flexibility index (Phi) is 4.64. The molecule has 0 radical (unpaired) electrons. The Labute approximate surface area is 120 Å². The quantitative estimate of drug-likeness (QED) is 0.900. The maximum atomic E-state index is 5.51. The lowest BCUT2D eigenvalue weighted by Gasteiger charge is -2.19. The topological polar surface area (TPSA) is 30.5 Å². The van der Waals surface area contributed by atoms with E-state index in [1.165, 1.54) is 5.56 Å². The van der Waals surface area contributed by atoms with Crippen LogP contribution >= 0.6 is 0 Å². The molecule has 2 aromatic carbocycles. The van der Waals surface area contributed by atoms with Crippen LogP contribution in [0.15, 0.2) is 42.5 Å². The predicted molar refractivity (Wildman–Crippen MR) is 82.5 cm³/mol. The first kappa shape index (κ1) is 14.4. The van der Waals surface area contributed by atoms with Crippen LogP contribution in [-0.4, -0.2) is 21.3 Å². The third kappa shape index (κ3) is 2.63. The Morgan fingerprint density at radius 3 is 2.05 bits per heavy atom. The van der Waals surface area contributed by atoms with E-state index < -0.39 is 0 Å². The van der Waals surface area contributed by atoms with Crippen molar-refractivity contribution in [1.82, 2.24) is 5.32 Å². The first-order chi connectivity index (χ1) is 9.72. The minimum absolute atomic E-state index is 0.251. The zero-order valence-corrected chi connectivity index (χ0v) is 12.4. The second-order valence-electron chi connectivity index (χ2n) is 4.64. The number of benzene rings is 2. The number of hydrogen-bond acceptors (Lipinski definition) is 3. The highest BCUT2D eigenvalue weighted by molar-refractivity contribution is 5.79. The minimum Gasteiger partial charge on any atom is -0.496 e. The Morgan fingerprint density at radius 1 is 0.900 bits per heavy atom. The molecule has 1 atom stereocenters. The summed E-state index contributed by atoms with van der Waals surface area (Å²) in [6, 6.07) is 14.4. The Hall–Kier alpha value is -2.00. The van der Waals surface area contributed by atoms with E-state index in [1.807, 2.05) is 31.3 Å². The van der Waals surface area contributed by atoms with Gasteiger partial charge in [0.1, 0.15) is 11.5 Å². The summed E-state index contributed by atoms with van der Waals surface area (Å²) in [6.45, 7) is 2.14. The monoisotopic (exact) mass is 271 g/mol. The largest absolute Gasteiger partial charge is 0.496 e. The molecule has 0 bridgehead atoms. The van der Waals surface area contributed by atoms with Gasteiger partial charge in [-0.3, -0.25) is 0 Å². The van der Waals surface area contributed by atoms with Crippen LogP contribution in [0.2, 0.25) is 0 Å². The maximum absolute atomic E-state index is 5.51. The lowest BCUT2D eigenvalue weighted by atomic mass is 9.94. The zero-order chi connectivity index (χ0) is 14.5. The van der Waals surface area contributed by atoms with E-state index in [0.717, 1.165) is 22.6 Å². The van der Waals surface area contributed by atoms with Crippen LogP contribution in [0.25, 0.3) is 11.1 Å². The molecule has 1 unspecified atom stereocenters. The number of rotatable bonds is 5. The van der Waals surface area contributed by atoms with Crippen LogP contribution < -0.4 is 14.8 Å². The van der Waals surface area contributed by atoms with Crippen molar-refractivity contribution in [2.24, 2.45) is 0 Å². The van der Waals surface area contributed by atoms with Crippen molar-refractivity contribution < 1.29 is 9.47 Å². The van der Waals surface area contributed by atoms with Gasteiger partial charge in [0.05, 0.1) is 19.8 Å². The second kappa shape index (κ2) is 6.44. The molecule has 0 saturated heterocycles. The van der Waals surface area contributed by atoms with Crippen molar-refractivity contribution in [1.29, 1.82) is 0 Å². The molecule has 2 aromatic rings. The Bertz CT molecular complexity index is 559. The molecule has 20 heavy (non-hydrogen) atoms. The van der Waals surface area contributed by atoms with Gasteiger partial charge in [0.15, 0.2) is 0 Å². The zero-order valence-electron chi connectivity index (χ0n) is 12.4. The molecule has 0 fully saturated rings. The summed E-state index contributed by atoms with van der Waals surface area (Å²) in [5, 5.41) is 3.28. The summed E-state index contributed by atoms with van der Waals surface area (Å²) in [4.78, 5) is 0. The molecule has 0 aliphatic heterocycles. The first-order valence-corrected chi connectivity index (χ1v) is 6.70. The third-order valence-electron chi connectivity index (χ3n) is 3.56. The standard InChI is InChI=1S/C17H21NO2/c1-12(18-2)13-8-5-6-9-14(13)17-15(19-3)10-7-11-16(17)20-4/h5-12,18H,1-4H3. The molecule has 0 spiro atoms. The number of methoxy groups -OCH3 is 2. The fraction of sp³-hybridized carbons (Fsp3) is 0.294. The van der Waals surface area contributed by atoms with Gasteiger partial charge in [-0.25, -0.2) is 0 Å². The van der Waals surface area contributed by atoms with Crippen LogP contribution in [0, 0.1) is 0 Å². The molecular formula is C17H21NO2. The molecule has 0 heterocycles. The average molecular weight is 271 g/mol. The van der Waals surface area contributed by atoms with Crippen LogP contribution in [0.3, 0.4) is 0 Å². The molecule has 0 amide bonds.